The van der Waals surface area contributed by atoms with Crippen LogP contribution in [-0.2, 0) is 11.3 Å². The maximum Gasteiger partial charge on any atom is 0.237 e. The molecule has 0 saturated carbocycles. The lowest BCUT2D eigenvalue weighted by Crippen LogP contribution is -2.49. The quantitative estimate of drug-likeness (QED) is 0.745. The monoisotopic (exact) mass is 443 g/mol. The van der Waals surface area contributed by atoms with Crippen molar-refractivity contribution in [2.75, 3.05) is 39.8 Å². The fourth-order valence-corrected chi connectivity index (χ4v) is 5.14. The van der Waals surface area contributed by atoms with Gasteiger partial charge >= 0.3 is 0 Å². The number of carbonyl (C=O) groups is 1. The van der Waals surface area contributed by atoms with Crippen molar-refractivity contribution in [3.63, 3.8) is 0 Å². The van der Waals surface area contributed by atoms with Crippen molar-refractivity contribution in [1.29, 1.82) is 0 Å². The van der Waals surface area contributed by atoms with Crippen molar-refractivity contribution in [1.82, 2.24) is 25.4 Å². The molecule has 3 aliphatic rings. The number of likely N-dealkylation sites (tertiary alicyclic amines) is 2. The third-order valence-electron chi connectivity index (χ3n) is 6.76. The fraction of sp³-hybridized carbons (Fsp3) is 0.714. The number of hydrogen-bond donors (Lipinski definition) is 2. The van der Waals surface area contributed by atoms with Gasteiger partial charge in [-0.05, 0) is 69.8 Å². The summed E-state index contributed by atoms with van der Waals surface area (Å²) in [7, 11) is 2.12. The highest BCUT2D eigenvalue weighted by Gasteiger charge is 2.45. The molecule has 3 aliphatic heterocycles. The Morgan fingerprint density at radius 2 is 1.97 bits per heavy atom. The van der Waals surface area contributed by atoms with Crippen LogP contribution in [0.25, 0.3) is 0 Å². The van der Waals surface area contributed by atoms with Gasteiger partial charge in [-0.1, -0.05) is 6.07 Å². The van der Waals surface area contributed by atoms with Gasteiger partial charge in [0, 0.05) is 38.4 Å². The van der Waals surface area contributed by atoms with Gasteiger partial charge in [-0.15, -0.1) is 24.8 Å². The predicted molar refractivity (Wildman–Crippen MR) is 121 cm³/mol. The van der Waals surface area contributed by atoms with E-state index < -0.39 is 0 Å². The summed E-state index contributed by atoms with van der Waals surface area (Å²) < 4.78 is 0. The van der Waals surface area contributed by atoms with Gasteiger partial charge in [0.25, 0.3) is 0 Å². The van der Waals surface area contributed by atoms with Gasteiger partial charge in [0.1, 0.15) is 0 Å². The Kier molecular flexibility index (Phi) is 9.16. The molecule has 3 fully saturated rings. The van der Waals surface area contributed by atoms with Crippen molar-refractivity contribution in [2.45, 2.75) is 50.7 Å². The van der Waals surface area contributed by atoms with E-state index in [1.165, 1.54) is 12.8 Å². The molecule has 0 aliphatic carbocycles. The van der Waals surface area contributed by atoms with Gasteiger partial charge < -0.3 is 10.6 Å². The summed E-state index contributed by atoms with van der Waals surface area (Å²) >= 11 is 0. The van der Waals surface area contributed by atoms with Crippen LogP contribution in [0.1, 0.15) is 37.8 Å². The van der Waals surface area contributed by atoms with Gasteiger partial charge in [-0.3, -0.25) is 19.6 Å². The van der Waals surface area contributed by atoms with E-state index in [9.17, 15) is 4.79 Å². The second-order valence-corrected chi connectivity index (χ2v) is 8.77. The summed E-state index contributed by atoms with van der Waals surface area (Å²) in [6.45, 7) is 6.21. The van der Waals surface area contributed by atoms with Gasteiger partial charge in [0.2, 0.25) is 5.91 Å². The van der Waals surface area contributed by atoms with E-state index in [2.05, 4.69) is 38.5 Å². The highest BCUT2D eigenvalue weighted by atomic mass is 35.5. The van der Waals surface area contributed by atoms with Crippen LogP contribution in [0.5, 0.6) is 0 Å². The number of nitrogens with zero attached hydrogens (tertiary/aromatic N) is 3. The summed E-state index contributed by atoms with van der Waals surface area (Å²) in [4.78, 5) is 22.1. The lowest BCUT2D eigenvalue weighted by molar-refractivity contribution is -0.126. The number of nitrogens with one attached hydrogen (secondary N) is 2. The summed E-state index contributed by atoms with van der Waals surface area (Å²) in [6, 6.07) is 6.45. The maximum atomic E-state index is 12.9. The number of pyridine rings is 1. The molecule has 2 N–H and O–H groups in total. The van der Waals surface area contributed by atoms with Gasteiger partial charge in [0.15, 0.2) is 0 Å². The van der Waals surface area contributed by atoms with E-state index in [1.807, 2.05) is 18.3 Å². The molecule has 164 valence electrons. The zero-order valence-corrected chi connectivity index (χ0v) is 18.9. The maximum absolute atomic E-state index is 12.9. The number of rotatable bonds is 4. The van der Waals surface area contributed by atoms with Crippen LogP contribution in [0.15, 0.2) is 24.4 Å². The minimum Gasteiger partial charge on any atom is -0.352 e. The predicted octanol–water partition coefficient (Wildman–Crippen LogP) is 2.08. The third-order valence-corrected chi connectivity index (χ3v) is 6.76. The molecule has 3 saturated heterocycles. The molecule has 0 radical (unpaired) electrons. The van der Waals surface area contributed by atoms with Crippen LogP contribution in [0, 0.1) is 5.41 Å². The lowest BCUT2D eigenvalue weighted by Gasteiger charge is -2.34. The Labute approximate surface area is 187 Å². The molecule has 0 aromatic carbocycles. The molecular formula is C21H35Cl2N5O. The normalized spacial score (nSPS) is 25.2. The number of hydrogen-bond acceptors (Lipinski definition) is 5. The Bertz CT molecular complexity index is 633. The number of halogens is 2. The molecule has 1 aromatic heterocycles. The molecule has 4 heterocycles. The third kappa shape index (κ3) is 6.05. The highest BCUT2D eigenvalue weighted by molar-refractivity contribution is 5.85. The van der Waals surface area contributed by atoms with Crippen molar-refractivity contribution in [2.24, 2.45) is 5.41 Å². The topological polar surface area (TPSA) is 60.5 Å². The molecule has 1 aromatic rings. The van der Waals surface area contributed by atoms with Gasteiger partial charge in [0.05, 0.1) is 11.7 Å². The SMILES string of the molecule is CN1CC2(CCNCC2)CC1C(=O)NC1CCN(Cc2ccccn2)CC1.Cl.Cl. The summed E-state index contributed by atoms with van der Waals surface area (Å²) in [5.74, 6) is 0.246. The average molecular weight is 444 g/mol. The molecule has 1 atom stereocenters. The molecule has 1 unspecified atom stereocenters. The van der Waals surface area contributed by atoms with Crippen molar-refractivity contribution in [3.8, 4) is 0 Å². The zero-order chi connectivity index (χ0) is 18.7. The Morgan fingerprint density at radius 1 is 1.24 bits per heavy atom. The van der Waals surface area contributed by atoms with Crippen LogP contribution in [-0.4, -0.2) is 72.5 Å². The largest absolute Gasteiger partial charge is 0.352 e. The lowest BCUT2D eigenvalue weighted by atomic mass is 9.77. The number of likely N-dealkylation sites (N-methyl/N-ethyl adjacent to an activating group) is 1. The first-order valence-corrected chi connectivity index (χ1v) is 10.5. The minimum atomic E-state index is 0. The van der Waals surface area contributed by atoms with Crippen molar-refractivity contribution in [3.05, 3.63) is 30.1 Å². The number of amides is 1. The summed E-state index contributed by atoms with van der Waals surface area (Å²) in [5.41, 5.74) is 1.48. The molecule has 6 nitrogen and oxygen atoms in total. The van der Waals surface area contributed by atoms with Crippen LogP contribution in [0.4, 0.5) is 0 Å². The molecule has 0 bridgehead atoms. The van der Waals surface area contributed by atoms with Crippen molar-refractivity contribution < 1.29 is 4.79 Å². The van der Waals surface area contributed by atoms with E-state index in [1.54, 1.807) is 0 Å². The van der Waals surface area contributed by atoms with E-state index in [0.29, 0.717) is 11.5 Å². The zero-order valence-electron chi connectivity index (χ0n) is 17.3. The summed E-state index contributed by atoms with van der Waals surface area (Å²) in [6.07, 6.45) is 7.35. The van der Waals surface area contributed by atoms with Crippen LogP contribution >= 0.6 is 24.8 Å². The molecular weight excluding hydrogens is 409 g/mol. The standard InChI is InChI=1S/C21H33N5O.2ClH/c1-25-16-21(7-10-22-11-8-21)14-19(25)20(27)24-17-5-12-26(13-6-17)15-18-4-2-3-9-23-18;;/h2-4,9,17,19,22H,5-8,10-16H2,1H3,(H,24,27);2*1H. The minimum absolute atomic E-state index is 0. The van der Waals surface area contributed by atoms with Crippen LogP contribution in [0.3, 0.4) is 0 Å². The molecule has 4 rings (SSSR count). The van der Waals surface area contributed by atoms with Gasteiger partial charge in [-0.2, -0.15) is 0 Å². The Hall–Kier alpha value is -0.920. The number of carbonyl (C=O) groups excluding carboxylic acids is 1. The second-order valence-electron chi connectivity index (χ2n) is 8.77. The van der Waals surface area contributed by atoms with Crippen molar-refractivity contribution >= 4 is 30.7 Å². The number of aromatic nitrogens is 1. The fourth-order valence-electron chi connectivity index (χ4n) is 5.14. The summed E-state index contributed by atoms with van der Waals surface area (Å²) in [5, 5.41) is 6.81. The molecule has 1 spiro atoms. The molecule has 29 heavy (non-hydrogen) atoms. The second kappa shape index (κ2) is 10.9. The first kappa shape index (κ1) is 24.4. The highest BCUT2D eigenvalue weighted by Crippen LogP contribution is 2.41. The van der Waals surface area contributed by atoms with E-state index in [4.69, 9.17) is 0 Å². The van der Waals surface area contributed by atoms with Crippen LogP contribution < -0.4 is 10.6 Å². The number of piperidine rings is 2. The van der Waals surface area contributed by atoms with Crippen LogP contribution in [0.2, 0.25) is 0 Å². The van der Waals surface area contributed by atoms with E-state index in [0.717, 1.165) is 64.2 Å². The van der Waals surface area contributed by atoms with E-state index >= 15 is 0 Å². The Balaban J connectivity index is 0.00000150. The first-order chi connectivity index (χ1) is 13.1. The average Bonchev–Trinajstić information content (AvgIpc) is 3.00. The van der Waals surface area contributed by atoms with E-state index in [-0.39, 0.29) is 36.8 Å². The smallest absolute Gasteiger partial charge is 0.237 e. The molecule has 1 amide bonds. The van der Waals surface area contributed by atoms with Gasteiger partial charge in [-0.25, -0.2) is 0 Å². The Morgan fingerprint density at radius 3 is 2.62 bits per heavy atom. The molecule has 8 heteroatoms. The first-order valence-electron chi connectivity index (χ1n) is 10.5.